The minimum absolute atomic E-state index is 0. The first kappa shape index (κ1) is 58.1. The largest absolute Gasteiger partial charge is 2.00 e. The van der Waals surface area contributed by atoms with Crippen molar-refractivity contribution in [1.82, 2.24) is 19.9 Å². The third-order valence-electron chi connectivity index (χ3n) is 3.55. The molecule has 4 rings (SSSR count). The van der Waals surface area contributed by atoms with Gasteiger partial charge in [-0.15, -0.1) is 30.8 Å². The Bertz CT molecular complexity index is 1310. The normalized spacial score (nSPS) is 10.3. The molecule has 4 aromatic rings. The second-order valence-corrected chi connectivity index (χ2v) is 12.4. The van der Waals surface area contributed by atoms with Crippen molar-refractivity contribution in [3.05, 3.63) is 97.6 Å². The molecule has 26 heteroatoms. The van der Waals surface area contributed by atoms with Crippen LogP contribution in [0.2, 0.25) is 0 Å². The van der Waals surface area contributed by atoms with Crippen molar-refractivity contribution in [2.24, 2.45) is 10.3 Å². The predicted octanol–water partition coefficient (Wildman–Crippen LogP) is -7.96. The summed E-state index contributed by atoms with van der Waals surface area (Å²) in [7, 11) is -11.1. The van der Waals surface area contributed by atoms with Crippen molar-refractivity contribution in [2.45, 2.75) is 0 Å². The SMILES string of the molecule is CS(C)=O.CS(C)=O.[Cu+2].[Cu+2].[O-]C(=N\O)/C([O-])=N/O.[O-][Cl+3]([O-])([O-])[O-].[O-][Cl+3]([O-])([O-])[O-].c1ccc(-c2ccccn2)nc1.c1ccc(-c2ccccn2)nc1. The van der Waals surface area contributed by atoms with Gasteiger partial charge in [0.2, 0.25) is 0 Å². The fourth-order valence-electron chi connectivity index (χ4n) is 2.14. The first-order valence-electron chi connectivity index (χ1n) is 12.3. The number of hydrogen-bond donors (Lipinski definition) is 2. The zero-order chi connectivity index (χ0) is 39.2. The van der Waals surface area contributed by atoms with Crippen LogP contribution in [-0.2, 0) is 55.7 Å². The molecular formula is C26H30Cl2Cu2N6O14S2. The summed E-state index contributed by atoms with van der Waals surface area (Å²) in [5, 5.41) is 38.3. The van der Waals surface area contributed by atoms with E-state index in [4.69, 9.17) is 47.7 Å². The number of halogens is 2. The third kappa shape index (κ3) is 48.9. The summed E-state index contributed by atoms with van der Waals surface area (Å²) in [6.45, 7) is 0. The summed E-state index contributed by atoms with van der Waals surface area (Å²) < 4.78 is 87.1. The van der Waals surface area contributed by atoms with Crippen LogP contribution in [0.4, 0.5) is 0 Å². The van der Waals surface area contributed by atoms with Crippen LogP contribution in [0.5, 0.6) is 0 Å². The van der Waals surface area contributed by atoms with Gasteiger partial charge in [-0.3, -0.25) is 28.4 Å². The number of aromatic nitrogens is 4. The molecular weight excluding hydrogens is 882 g/mol. The molecule has 4 heterocycles. The van der Waals surface area contributed by atoms with Crippen molar-refractivity contribution in [1.29, 1.82) is 0 Å². The van der Waals surface area contributed by atoms with E-state index in [2.05, 4.69) is 19.9 Å². The molecule has 0 fully saturated rings. The third-order valence-corrected chi connectivity index (χ3v) is 3.55. The molecule has 2 N–H and O–H groups in total. The van der Waals surface area contributed by atoms with Crippen LogP contribution in [0.15, 0.2) is 108 Å². The molecule has 0 saturated carbocycles. The summed E-state index contributed by atoms with van der Waals surface area (Å²) >= 11 is 0. The van der Waals surface area contributed by atoms with Gasteiger partial charge in [-0.05, 0) is 48.5 Å². The minimum atomic E-state index is -4.94. The molecule has 0 unspecified atom stereocenters. The molecule has 4 aromatic heterocycles. The van der Waals surface area contributed by atoms with E-state index in [1.807, 2.05) is 83.1 Å². The maximum atomic E-state index is 9.72. The summed E-state index contributed by atoms with van der Waals surface area (Å²) in [5.41, 5.74) is 3.66. The van der Waals surface area contributed by atoms with Gasteiger partial charge in [-0.2, -0.15) is 0 Å². The fraction of sp³-hybridized carbons (Fsp3) is 0.154. The van der Waals surface area contributed by atoms with Crippen molar-refractivity contribution in [2.75, 3.05) is 25.0 Å². The van der Waals surface area contributed by atoms with Crippen molar-refractivity contribution in [3.8, 4) is 22.8 Å². The topological polar surface area (TPSA) is 381 Å². The smallest absolute Gasteiger partial charge is 0.856 e. The van der Waals surface area contributed by atoms with Gasteiger partial charge in [0.1, 0.15) is 0 Å². The van der Waals surface area contributed by atoms with E-state index < -0.39 is 53.9 Å². The Kier molecular flexibility index (Phi) is 38.9. The number of nitrogens with zero attached hydrogens (tertiary/aromatic N) is 6. The van der Waals surface area contributed by atoms with E-state index in [1.54, 1.807) is 49.8 Å². The molecule has 0 saturated heterocycles. The van der Waals surface area contributed by atoms with Crippen LogP contribution < -0.4 is 47.5 Å². The molecule has 0 atom stereocenters. The van der Waals surface area contributed by atoms with Gasteiger partial charge in [0.05, 0.1) is 22.8 Å². The number of hydrogen-bond acceptors (Lipinski definition) is 20. The summed E-state index contributed by atoms with van der Waals surface area (Å²) in [6, 6.07) is 23.2. The zero-order valence-corrected chi connectivity index (χ0v) is 31.9. The van der Waals surface area contributed by atoms with Gasteiger partial charge in [0.15, 0.2) is 0 Å². The molecule has 0 aliphatic heterocycles. The maximum Gasteiger partial charge on any atom is 2.00 e. The Balaban J connectivity index is -0.000000173. The fourth-order valence-corrected chi connectivity index (χ4v) is 2.14. The maximum absolute atomic E-state index is 9.72. The first-order chi connectivity index (χ1) is 23.1. The number of pyridine rings is 4. The van der Waals surface area contributed by atoms with Crippen LogP contribution in [0.3, 0.4) is 0 Å². The van der Waals surface area contributed by atoms with Gasteiger partial charge in [-0.1, -0.05) is 24.3 Å². The Labute approximate surface area is 328 Å². The Morgan fingerprint density at radius 3 is 0.750 bits per heavy atom. The standard InChI is InChI=1S/2C10H8N2.C2H4N2O4.2C2H6OS.2ClHO4.2Cu/c2*1-3-7-11-9(5-1)10-6-2-4-8-12-10;5-1(3-7)2(6)4-8;2*1-4(2)3;2*2-1(3,4)5;;/h2*1-8H;7-8H,(H,3,5)(H,4,6);2*1-2H3;2*(H,2,3,4,5);;/q;;;;;;;2*+2/p-4. The van der Waals surface area contributed by atoms with Crippen LogP contribution in [-0.4, -0.2) is 75.6 Å². The molecule has 0 amide bonds. The van der Waals surface area contributed by atoms with Crippen molar-refractivity contribution < 1.29 is 121 Å². The van der Waals surface area contributed by atoms with E-state index in [9.17, 15) is 18.6 Å². The number of oxime groups is 2. The average Bonchev–Trinajstić information content (AvgIpc) is 3.04. The van der Waals surface area contributed by atoms with Gasteiger partial charge in [0.25, 0.3) is 0 Å². The second-order valence-electron chi connectivity index (χ2n) is 7.91. The van der Waals surface area contributed by atoms with E-state index in [0.29, 0.717) is 0 Å². The van der Waals surface area contributed by atoms with Crippen LogP contribution in [0.25, 0.3) is 22.8 Å². The molecule has 20 nitrogen and oxygen atoms in total. The van der Waals surface area contributed by atoms with Crippen LogP contribution in [0, 0.1) is 20.5 Å². The quantitative estimate of drug-likeness (QED) is 0.0620. The molecule has 0 aliphatic carbocycles. The van der Waals surface area contributed by atoms with Gasteiger partial charge < -0.3 is 20.6 Å². The van der Waals surface area contributed by atoms with Crippen LogP contribution in [0.1, 0.15) is 0 Å². The average molecular weight is 913 g/mol. The summed E-state index contributed by atoms with van der Waals surface area (Å²) in [4.78, 5) is 16.7. The minimum Gasteiger partial charge on any atom is -0.856 e. The van der Waals surface area contributed by atoms with Gasteiger partial charge in [0, 0.05) is 83.2 Å². The Morgan fingerprint density at radius 2 is 0.654 bits per heavy atom. The van der Waals surface area contributed by atoms with Crippen LogP contribution >= 0.6 is 0 Å². The predicted molar refractivity (Wildman–Crippen MR) is 153 cm³/mol. The molecule has 0 aromatic carbocycles. The number of rotatable bonds is 2. The monoisotopic (exact) mass is 910 g/mol. The molecule has 2 radical (unpaired) electrons. The van der Waals surface area contributed by atoms with Crippen molar-refractivity contribution >= 4 is 33.4 Å². The molecule has 0 spiro atoms. The second kappa shape index (κ2) is 34.8. The Morgan fingerprint density at radius 1 is 0.500 bits per heavy atom. The van der Waals surface area contributed by atoms with Gasteiger partial charge >= 0.3 is 34.1 Å². The zero-order valence-electron chi connectivity index (χ0n) is 26.9. The molecule has 296 valence electrons. The van der Waals surface area contributed by atoms with Crippen molar-refractivity contribution in [3.63, 3.8) is 0 Å². The van der Waals surface area contributed by atoms with E-state index in [-0.39, 0.29) is 34.1 Å². The van der Waals surface area contributed by atoms with E-state index >= 15 is 0 Å². The molecule has 0 bridgehead atoms. The summed E-state index contributed by atoms with van der Waals surface area (Å²) in [5.74, 6) is -2.99. The Hall–Kier alpha value is -3.26. The first-order valence-corrected chi connectivity index (χ1v) is 18.7. The summed E-state index contributed by atoms with van der Waals surface area (Å²) in [6.07, 6.45) is 13.6. The van der Waals surface area contributed by atoms with E-state index in [0.717, 1.165) is 22.8 Å². The molecule has 0 aliphatic rings. The van der Waals surface area contributed by atoms with E-state index in [1.165, 1.54) is 0 Å². The molecule has 52 heavy (non-hydrogen) atoms. The van der Waals surface area contributed by atoms with Gasteiger partial charge in [-0.25, -0.2) is 37.3 Å².